The molecule has 1 aromatic carbocycles. The number of piperidine rings is 1. The molecule has 0 spiro atoms. The largest absolute Gasteiger partial charge is 0.425 e. The molecular formula is C22H26N4O3. The average molecular weight is 394 g/mol. The van der Waals surface area contributed by atoms with Crippen LogP contribution in [0.25, 0.3) is 0 Å². The maximum atomic E-state index is 13.0. The highest BCUT2D eigenvalue weighted by Gasteiger charge is 2.39. The van der Waals surface area contributed by atoms with Crippen LogP contribution in [-0.4, -0.2) is 46.5 Å². The molecule has 1 unspecified atom stereocenters. The smallest absolute Gasteiger partial charge is 0.228 e. The van der Waals surface area contributed by atoms with Crippen LogP contribution in [0.4, 0.5) is 5.69 Å². The Labute approximate surface area is 170 Å². The van der Waals surface area contributed by atoms with E-state index in [0.717, 1.165) is 48.7 Å². The van der Waals surface area contributed by atoms with Gasteiger partial charge in [0.05, 0.1) is 5.92 Å². The summed E-state index contributed by atoms with van der Waals surface area (Å²) in [5.41, 5.74) is 2.03. The lowest BCUT2D eigenvalue weighted by Crippen LogP contribution is -2.42. The molecule has 1 aromatic heterocycles. The highest BCUT2D eigenvalue weighted by atomic mass is 16.4. The van der Waals surface area contributed by atoms with Crippen LogP contribution in [0.15, 0.2) is 28.7 Å². The van der Waals surface area contributed by atoms with Gasteiger partial charge in [0.15, 0.2) is 0 Å². The number of hydrogen-bond donors (Lipinski definition) is 0. The molecule has 3 aliphatic rings. The number of hydrogen-bond acceptors (Lipinski definition) is 5. The van der Waals surface area contributed by atoms with E-state index < -0.39 is 0 Å². The predicted octanol–water partition coefficient (Wildman–Crippen LogP) is 3.01. The van der Waals surface area contributed by atoms with Gasteiger partial charge in [0.25, 0.3) is 0 Å². The molecule has 5 rings (SSSR count). The number of carbonyl (C=O) groups is 2. The Morgan fingerprint density at radius 1 is 1.00 bits per heavy atom. The molecular weight excluding hydrogens is 368 g/mol. The molecule has 3 heterocycles. The van der Waals surface area contributed by atoms with Crippen LogP contribution in [0, 0.1) is 12.8 Å². The number of carbonyl (C=O) groups excluding carboxylic acids is 2. The lowest BCUT2D eigenvalue weighted by Gasteiger charge is -2.32. The van der Waals surface area contributed by atoms with E-state index in [0.29, 0.717) is 32.0 Å². The van der Waals surface area contributed by atoms with Crippen LogP contribution < -0.4 is 4.90 Å². The van der Waals surface area contributed by atoms with E-state index in [1.54, 1.807) is 4.90 Å². The predicted molar refractivity (Wildman–Crippen MR) is 106 cm³/mol. The number of aromatic nitrogens is 2. The lowest BCUT2D eigenvalue weighted by molar-refractivity contribution is -0.136. The van der Waals surface area contributed by atoms with E-state index in [4.69, 9.17) is 4.42 Å². The number of aryl methyl sites for hydroxylation is 1. The van der Waals surface area contributed by atoms with Crippen molar-refractivity contribution in [2.24, 2.45) is 5.92 Å². The quantitative estimate of drug-likeness (QED) is 0.796. The van der Waals surface area contributed by atoms with Crippen LogP contribution >= 0.6 is 0 Å². The van der Waals surface area contributed by atoms with Crippen molar-refractivity contribution in [3.63, 3.8) is 0 Å². The van der Waals surface area contributed by atoms with Gasteiger partial charge in [-0.2, -0.15) is 0 Å². The molecule has 3 fully saturated rings. The molecule has 0 radical (unpaired) electrons. The second kappa shape index (κ2) is 7.28. The molecule has 0 N–H and O–H groups in total. The molecule has 2 amide bonds. The summed E-state index contributed by atoms with van der Waals surface area (Å²) in [6, 6.07) is 7.89. The van der Waals surface area contributed by atoms with Crippen molar-refractivity contribution < 1.29 is 14.0 Å². The van der Waals surface area contributed by atoms with Gasteiger partial charge >= 0.3 is 0 Å². The molecule has 2 saturated heterocycles. The zero-order valence-electron chi connectivity index (χ0n) is 16.7. The van der Waals surface area contributed by atoms with Crippen LogP contribution in [0.1, 0.15) is 61.3 Å². The summed E-state index contributed by atoms with van der Waals surface area (Å²) in [7, 11) is 0. The Morgan fingerprint density at radius 2 is 1.62 bits per heavy atom. The number of anilines is 1. The third-order valence-corrected chi connectivity index (χ3v) is 6.36. The molecule has 7 heteroatoms. The average Bonchev–Trinajstić information content (AvgIpc) is 3.34. The fourth-order valence-electron chi connectivity index (χ4n) is 4.36. The minimum Gasteiger partial charge on any atom is -0.425 e. The number of rotatable bonds is 4. The van der Waals surface area contributed by atoms with E-state index in [-0.39, 0.29) is 23.7 Å². The van der Waals surface area contributed by atoms with Gasteiger partial charge in [0, 0.05) is 43.6 Å². The van der Waals surface area contributed by atoms with Crippen LogP contribution in [0.2, 0.25) is 0 Å². The van der Waals surface area contributed by atoms with Crippen molar-refractivity contribution in [2.75, 3.05) is 24.5 Å². The molecule has 2 aromatic rings. The number of nitrogens with zero attached hydrogens (tertiary/aromatic N) is 4. The van der Waals surface area contributed by atoms with Crippen molar-refractivity contribution >= 4 is 17.5 Å². The van der Waals surface area contributed by atoms with Crippen molar-refractivity contribution in [1.29, 1.82) is 0 Å². The van der Waals surface area contributed by atoms with Crippen LogP contribution in [-0.2, 0) is 9.59 Å². The van der Waals surface area contributed by atoms with E-state index in [1.165, 1.54) is 0 Å². The van der Waals surface area contributed by atoms with E-state index in [9.17, 15) is 9.59 Å². The van der Waals surface area contributed by atoms with Crippen molar-refractivity contribution in [3.05, 3.63) is 41.6 Å². The van der Waals surface area contributed by atoms with E-state index in [1.807, 2.05) is 36.1 Å². The van der Waals surface area contributed by atoms with Gasteiger partial charge in [-0.1, -0.05) is 17.7 Å². The molecule has 7 nitrogen and oxygen atoms in total. The topological polar surface area (TPSA) is 79.5 Å². The Morgan fingerprint density at radius 3 is 2.24 bits per heavy atom. The highest BCUT2D eigenvalue weighted by molar-refractivity contribution is 6.00. The number of benzene rings is 1. The fraction of sp³-hybridized carbons (Fsp3) is 0.545. The summed E-state index contributed by atoms with van der Waals surface area (Å²) < 4.78 is 5.85. The van der Waals surface area contributed by atoms with Gasteiger partial charge in [-0.05, 0) is 44.7 Å². The minimum atomic E-state index is -0.259. The van der Waals surface area contributed by atoms with Gasteiger partial charge in [-0.3, -0.25) is 9.59 Å². The first-order chi connectivity index (χ1) is 14.1. The van der Waals surface area contributed by atoms with Gasteiger partial charge in [0.1, 0.15) is 0 Å². The number of amides is 2. The summed E-state index contributed by atoms with van der Waals surface area (Å²) in [5.74, 6) is 2.06. The van der Waals surface area contributed by atoms with Gasteiger partial charge in [-0.25, -0.2) is 0 Å². The minimum absolute atomic E-state index is 0.0283. The van der Waals surface area contributed by atoms with Gasteiger partial charge in [0.2, 0.25) is 23.6 Å². The van der Waals surface area contributed by atoms with E-state index >= 15 is 0 Å². The van der Waals surface area contributed by atoms with Gasteiger partial charge < -0.3 is 14.2 Å². The first-order valence-electron chi connectivity index (χ1n) is 10.6. The third kappa shape index (κ3) is 3.66. The molecule has 2 aliphatic heterocycles. The fourth-order valence-corrected chi connectivity index (χ4v) is 4.36. The molecule has 1 aliphatic carbocycles. The van der Waals surface area contributed by atoms with Crippen LogP contribution in [0.3, 0.4) is 0 Å². The Bertz CT molecular complexity index is 910. The molecule has 29 heavy (non-hydrogen) atoms. The lowest BCUT2D eigenvalue weighted by atomic mass is 9.95. The maximum absolute atomic E-state index is 13.0. The summed E-state index contributed by atoms with van der Waals surface area (Å²) >= 11 is 0. The molecule has 152 valence electrons. The van der Waals surface area contributed by atoms with Crippen molar-refractivity contribution in [3.8, 4) is 0 Å². The summed E-state index contributed by atoms with van der Waals surface area (Å²) in [4.78, 5) is 29.2. The first-order valence-corrected chi connectivity index (χ1v) is 10.6. The van der Waals surface area contributed by atoms with Crippen molar-refractivity contribution in [1.82, 2.24) is 15.1 Å². The zero-order chi connectivity index (χ0) is 20.0. The summed E-state index contributed by atoms with van der Waals surface area (Å²) in [6.07, 6.45) is 4.25. The second-order valence-electron chi connectivity index (χ2n) is 8.59. The second-order valence-corrected chi connectivity index (χ2v) is 8.59. The normalized spacial score (nSPS) is 23.1. The highest BCUT2D eigenvalue weighted by Crippen LogP contribution is 2.40. The Balaban J connectivity index is 1.18. The third-order valence-electron chi connectivity index (χ3n) is 6.36. The maximum Gasteiger partial charge on any atom is 0.228 e. The SMILES string of the molecule is Cc1ccc(N2CC(C(=O)N3CCC(c4nnc(C5CC5)o4)CC3)CC2=O)cc1. The molecule has 0 bridgehead atoms. The van der Waals surface area contributed by atoms with Crippen LogP contribution in [0.5, 0.6) is 0 Å². The van der Waals surface area contributed by atoms with Gasteiger partial charge in [-0.15, -0.1) is 10.2 Å². The standard InChI is InChI=1S/C22H26N4O3/c1-14-2-6-18(7-3-14)26-13-17(12-19(26)27)22(28)25-10-8-16(9-11-25)21-24-23-20(29-21)15-4-5-15/h2-3,6-7,15-17H,4-5,8-13H2,1H3. The van der Waals surface area contributed by atoms with Crippen molar-refractivity contribution in [2.45, 2.75) is 50.9 Å². The monoisotopic (exact) mass is 394 g/mol. The Kier molecular flexibility index (Phi) is 4.60. The number of likely N-dealkylation sites (tertiary alicyclic amines) is 1. The zero-order valence-corrected chi connectivity index (χ0v) is 16.7. The van der Waals surface area contributed by atoms with E-state index in [2.05, 4.69) is 10.2 Å². The molecule has 1 saturated carbocycles. The molecule has 1 atom stereocenters. The first kappa shape index (κ1) is 18.3. The summed E-state index contributed by atoms with van der Waals surface area (Å²) in [6.45, 7) is 3.85. The Hall–Kier alpha value is -2.70. The summed E-state index contributed by atoms with van der Waals surface area (Å²) in [5, 5.41) is 8.42.